The van der Waals surface area contributed by atoms with Crippen LogP contribution < -0.4 is 10.1 Å². The van der Waals surface area contributed by atoms with Crippen molar-refractivity contribution >= 4 is 11.6 Å². The van der Waals surface area contributed by atoms with Gasteiger partial charge in [-0.3, -0.25) is 0 Å². The van der Waals surface area contributed by atoms with Crippen molar-refractivity contribution in [2.75, 3.05) is 13.7 Å². The number of halogens is 1. The molecule has 0 amide bonds. The quantitative estimate of drug-likeness (QED) is 0.746. The normalized spacial score (nSPS) is 19.8. The minimum absolute atomic E-state index is 0.238. The molecule has 2 rings (SSSR count). The van der Waals surface area contributed by atoms with Gasteiger partial charge in [0.15, 0.2) is 0 Å². The first kappa shape index (κ1) is 8.85. The fraction of sp³-hybridized carbons (Fsp3) is 0.400. The highest BCUT2D eigenvalue weighted by Gasteiger charge is 2.26. The molecule has 0 radical (unpaired) electrons. The Bertz CT molecular complexity index is 338. The number of rotatable bonds is 1. The Kier molecular flexibility index (Phi) is 2.18. The van der Waals surface area contributed by atoms with Gasteiger partial charge in [0.05, 0.1) is 6.04 Å². The summed E-state index contributed by atoms with van der Waals surface area (Å²) in [7, 11) is 1.92. The zero-order valence-corrected chi connectivity index (χ0v) is 8.48. The van der Waals surface area contributed by atoms with Gasteiger partial charge in [-0.2, -0.15) is 0 Å². The van der Waals surface area contributed by atoms with Gasteiger partial charge in [-0.05, 0) is 25.6 Å². The van der Waals surface area contributed by atoms with Crippen LogP contribution in [-0.4, -0.2) is 13.7 Å². The van der Waals surface area contributed by atoms with Crippen molar-refractivity contribution < 1.29 is 4.74 Å². The topological polar surface area (TPSA) is 21.3 Å². The number of ether oxygens (including phenoxy) is 1. The molecule has 1 heterocycles. The van der Waals surface area contributed by atoms with Crippen molar-refractivity contribution in [2.24, 2.45) is 0 Å². The number of fused-ring (bicyclic) bond motifs is 1. The molecule has 1 aliphatic rings. The predicted molar refractivity (Wildman–Crippen MR) is 53.5 cm³/mol. The molecule has 0 aliphatic carbocycles. The van der Waals surface area contributed by atoms with Gasteiger partial charge < -0.3 is 10.1 Å². The minimum atomic E-state index is 0.238. The van der Waals surface area contributed by atoms with E-state index in [-0.39, 0.29) is 6.04 Å². The lowest BCUT2D eigenvalue weighted by molar-refractivity contribution is 0.316. The summed E-state index contributed by atoms with van der Waals surface area (Å²) >= 11 is 6.10. The van der Waals surface area contributed by atoms with Crippen LogP contribution in [0.25, 0.3) is 0 Å². The van der Waals surface area contributed by atoms with Crippen LogP contribution in [0.3, 0.4) is 0 Å². The zero-order valence-electron chi connectivity index (χ0n) is 7.73. The van der Waals surface area contributed by atoms with E-state index < -0.39 is 0 Å². The molecule has 0 aromatic heterocycles. The summed E-state index contributed by atoms with van der Waals surface area (Å²) < 4.78 is 5.57. The van der Waals surface area contributed by atoms with Gasteiger partial charge in [0.25, 0.3) is 0 Å². The Balaban J connectivity index is 2.55. The number of aryl methyl sites for hydroxylation is 1. The van der Waals surface area contributed by atoms with E-state index in [1.807, 2.05) is 26.1 Å². The molecule has 0 saturated carbocycles. The van der Waals surface area contributed by atoms with Crippen LogP contribution in [0.2, 0.25) is 5.02 Å². The fourth-order valence-corrected chi connectivity index (χ4v) is 1.96. The Labute approximate surface area is 82.9 Å². The first-order chi connectivity index (χ1) is 6.24. The highest BCUT2D eigenvalue weighted by atomic mass is 35.5. The third kappa shape index (κ3) is 1.30. The van der Waals surface area contributed by atoms with Crippen molar-refractivity contribution in [2.45, 2.75) is 13.0 Å². The van der Waals surface area contributed by atoms with Gasteiger partial charge in [-0.25, -0.2) is 0 Å². The number of likely N-dealkylation sites (N-methyl/N-ethyl adjacent to an activating group) is 1. The van der Waals surface area contributed by atoms with Crippen LogP contribution in [0, 0.1) is 6.92 Å². The fourth-order valence-electron chi connectivity index (χ4n) is 1.68. The third-order valence-corrected chi connectivity index (χ3v) is 2.76. The highest BCUT2D eigenvalue weighted by Crippen LogP contribution is 2.39. The Hall–Kier alpha value is -0.730. The van der Waals surface area contributed by atoms with E-state index in [2.05, 4.69) is 5.32 Å². The average Bonchev–Trinajstić information content (AvgIpc) is 2.56. The second kappa shape index (κ2) is 3.20. The summed E-state index contributed by atoms with van der Waals surface area (Å²) in [4.78, 5) is 0. The summed E-state index contributed by atoms with van der Waals surface area (Å²) in [5.41, 5.74) is 2.25. The molecule has 1 unspecified atom stereocenters. The zero-order chi connectivity index (χ0) is 9.42. The maximum absolute atomic E-state index is 6.10. The molecular formula is C10H12ClNO. The number of benzene rings is 1. The van der Waals surface area contributed by atoms with Crippen molar-refractivity contribution in [1.82, 2.24) is 5.32 Å². The second-order valence-electron chi connectivity index (χ2n) is 3.26. The lowest BCUT2D eigenvalue weighted by Gasteiger charge is -2.08. The Morgan fingerprint density at radius 2 is 2.31 bits per heavy atom. The molecule has 70 valence electrons. The van der Waals surface area contributed by atoms with Crippen LogP contribution >= 0.6 is 11.6 Å². The van der Waals surface area contributed by atoms with E-state index in [4.69, 9.17) is 16.3 Å². The largest absolute Gasteiger partial charge is 0.491 e. The molecule has 2 nitrogen and oxygen atoms in total. The molecule has 1 N–H and O–H groups in total. The van der Waals surface area contributed by atoms with Crippen molar-refractivity contribution in [3.05, 3.63) is 28.3 Å². The van der Waals surface area contributed by atoms with Gasteiger partial charge in [0, 0.05) is 10.6 Å². The number of hydrogen-bond acceptors (Lipinski definition) is 2. The van der Waals surface area contributed by atoms with Gasteiger partial charge in [-0.1, -0.05) is 17.7 Å². The van der Waals surface area contributed by atoms with E-state index >= 15 is 0 Å². The minimum Gasteiger partial charge on any atom is -0.491 e. The molecule has 0 saturated heterocycles. The number of hydrogen-bond donors (Lipinski definition) is 1. The molecular weight excluding hydrogens is 186 g/mol. The van der Waals surface area contributed by atoms with E-state index in [0.29, 0.717) is 6.61 Å². The second-order valence-corrected chi connectivity index (χ2v) is 3.67. The standard InChI is InChI=1S/C10H12ClNO/c1-6-3-4-7(11)9-8(12-2)5-13-10(6)9/h3-4,8,12H,5H2,1-2H3. The van der Waals surface area contributed by atoms with Crippen LogP contribution in [0.4, 0.5) is 0 Å². The number of nitrogens with one attached hydrogen (secondary N) is 1. The van der Waals surface area contributed by atoms with Crippen LogP contribution in [-0.2, 0) is 0 Å². The highest BCUT2D eigenvalue weighted by molar-refractivity contribution is 6.31. The van der Waals surface area contributed by atoms with Crippen molar-refractivity contribution in [1.29, 1.82) is 0 Å². The van der Waals surface area contributed by atoms with Crippen molar-refractivity contribution in [3.8, 4) is 5.75 Å². The summed E-state index contributed by atoms with van der Waals surface area (Å²) in [6.07, 6.45) is 0. The SMILES string of the molecule is CNC1COc2c(C)ccc(Cl)c21. The van der Waals surface area contributed by atoms with Gasteiger partial charge in [0.1, 0.15) is 12.4 Å². The van der Waals surface area contributed by atoms with Gasteiger partial charge >= 0.3 is 0 Å². The van der Waals surface area contributed by atoms with Crippen LogP contribution in [0.15, 0.2) is 12.1 Å². The lowest BCUT2D eigenvalue weighted by Crippen LogP contribution is -2.17. The summed E-state index contributed by atoms with van der Waals surface area (Å²) in [5, 5.41) is 3.97. The van der Waals surface area contributed by atoms with E-state index in [1.165, 1.54) is 0 Å². The molecule has 3 heteroatoms. The summed E-state index contributed by atoms with van der Waals surface area (Å²) in [6, 6.07) is 4.15. The Morgan fingerprint density at radius 1 is 1.54 bits per heavy atom. The molecule has 1 aromatic rings. The summed E-state index contributed by atoms with van der Waals surface area (Å²) in [5.74, 6) is 0.951. The smallest absolute Gasteiger partial charge is 0.128 e. The maximum atomic E-state index is 6.10. The van der Waals surface area contributed by atoms with E-state index in [0.717, 1.165) is 21.9 Å². The first-order valence-electron chi connectivity index (χ1n) is 4.33. The monoisotopic (exact) mass is 197 g/mol. The first-order valence-corrected chi connectivity index (χ1v) is 4.71. The molecule has 0 fully saturated rings. The van der Waals surface area contributed by atoms with Crippen molar-refractivity contribution in [3.63, 3.8) is 0 Å². The van der Waals surface area contributed by atoms with Gasteiger partial charge in [-0.15, -0.1) is 0 Å². The average molecular weight is 198 g/mol. The third-order valence-electron chi connectivity index (χ3n) is 2.43. The van der Waals surface area contributed by atoms with E-state index in [9.17, 15) is 0 Å². The summed E-state index contributed by atoms with van der Waals surface area (Å²) in [6.45, 7) is 2.71. The predicted octanol–water partition coefficient (Wildman–Crippen LogP) is 2.30. The van der Waals surface area contributed by atoms with Gasteiger partial charge in [0.2, 0.25) is 0 Å². The maximum Gasteiger partial charge on any atom is 0.128 e. The molecule has 1 aliphatic heterocycles. The molecule has 13 heavy (non-hydrogen) atoms. The molecule has 1 aromatic carbocycles. The molecule has 0 spiro atoms. The Morgan fingerprint density at radius 3 is 3.00 bits per heavy atom. The van der Waals surface area contributed by atoms with E-state index in [1.54, 1.807) is 0 Å². The molecule has 0 bridgehead atoms. The molecule has 1 atom stereocenters. The van der Waals surface area contributed by atoms with Crippen LogP contribution in [0.5, 0.6) is 5.75 Å². The van der Waals surface area contributed by atoms with Crippen LogP contribution in [0.1, 0.15) is 17.2 Å². The lowest BCUT2D eigenvalue weighted by atomic mass is 10.1.